The Hall–Kier alpha value is -1.87. The molecule has 0 aliphatic carbocycles. The third-order valence-electron chi connectivity index (χ3n) is 6.21. The lowest BCUT2D eigenvalue weighted by Gasteiger charge is -2.21. The van der Waals surface area contributed by atoms with Gasteiger partial charge in [-0.1, -0.05) is 62.0 Å². The Kier molecular flexibility index (Phi) is 6.79. The summed E-state index contributed by atoms with van der Waals surface area (Å²) in [7, 11) is 2.13. The van der Waals surface area contributed by atoms with Crippen LogP contribution in [0.4, 0.5) is 0 Å². The van der Waals surface area contributed by atoms with Crippen molar-refractivity contribution < 1.29 is 0 Å². The SMILES string of the molecule is CCCCCCCSc1nnc2n(-c3cccc(Cl)c3)c(=O)c3c4c(sc3n12)CN(C)CC4. The molecule has 1 aliphatic heterocycles. The minimum Gasteiger partial charge on any atom is -0.301 e. The van der Waals surface area contributed by atoms with E-state index >= 15 is 0 Å². The fourth-order valence-electron chi connectivity index (χ4n) is 4.49. The molecule has 4 aromatic rings. The van der Waals surface area contributed by atoms with Crippen molar-refractivity contribution in [3.63, 3.8) is 0 Å². The van der Waals surface area contributed by atoms with Gasteiger partial charge in [-0.15, -0.1) is 21.5 Å². The number of benzene rings is 1. The summed E-state index contributed by atoms with van der Waals surface area (Å²) in [5, 5.41) is 11.3. The van der Waals surface area contributed by atoms with Crippen LogP contribution in [-0.2, 0) is 13.0 Å². The van der Waals surface area contributed by atoms with Crippen molar-refractivity contribution in [2.45, 2.75) is 57.1 Å². The average Bonchev–Trinajstić information content (AvgIpc) is 3.37. The van der Waals surface area contributed by atoms with Crippen LogP contribution in [0.2, 0.25) is 5.02 Å². The standard InChI is InChI=1S/C24H28ClN5OS2/c1-3-4-5-6-7-13-32-24-27-26-23-29(17-10-8-9-16(25)14-17)21(31)20-18-11-12-28(2)15-19(18)33-22(20)30(23)24/h8-10,14H,3-7,11-13,15H2,1-2H3. The molecule has 1 aliphatic rings. The summed E-state index contributed by atoms with van der Waals surface area (Å²) in [4.78, 5) is 18.4. The van der Waals surface area contributed by atoms with Gasteiger partial charge < -0.3 is 4.90 Å². The summed E-state index contributed by atoms with van der Waals surface area (Å²) in [5.74, 6) is 1.55. The maximum atomic E-state index is 13.9. The molecule has 6 nitrogen and oxygen atoms in total. The van der Waals surface area contributed by atoms with Crippen LogP contribution in [0.3, 0.4) is 0 Å². The monoisotopic (exact) mass is 501 g/mol. The average molecular weight is 502 g/mol. The Morgan fingerprint density at radius 1 is 1.18 bits per heavy atom. The van der Waals surface area contributed by atoms with Crippen LogP contribution in [0.5, 0.6) is 0 Å². The Balaban J connectivity index is 1.66. The van der Waals surface area contributed by atoms with Gasteiger partial charge >= 0.3 is 0 Å². The zero-order valence-electron chi connectivity index (χ0n) is 19.0. The number of hydrogen-bond donors (Lipinski definition) is 0. The quantitative estimate of drug-likeness (QED) is 0.225. The molecular weight excluding hydrogens is 474 g/mol. The zero-order chi connectivity index (χ0) is 22.9. The number of fused-ring (bicyclic) bond motifs is 5. The maximum Gasteiger partial charge on any atom is 0.268 e. The summed E-state index contributed by atoms with van der Waals surface area (Å²) in [5.41, 5.74) is 1.86. The molecule has 4 heterocycles. The smallest absolute Gasteiger partial charge is 0.268 e. The van der Waals surface area contributed by atoms with E-state index in [2.05, 4.69) is 33.5 Å². The van der Waals surface area contributed by atoms with E-state index in [4.69, 9.17) is 11.6 Å². The van der Waals surface area contributed by atoms with Gasteiger partial charge in [0.05, 0.1) is 11.1 Å². The lowest BCUT2D eigenvalue weighted by Crippen LogP contribution is -2.27. The van der Waals surface area contributed by atoms with Crippen LogP contribution in [0.15, 0.2) is 34.2 Å². The Morgan fingerprint density at radius 3 is 2.85 bits per heavy atom. The Bertz CT molecular complexity index is 1360. The van der Waals surface area contributed by atoms with E-state index in [1.807, 2.05) is 24.3 Å². The molecular formula is C24H28ClN5OS2. The highest BCUT2D eigenvalue weighted by Crippen LogP contribution is 2.35. The number of nitrogens with zero attached hydrogens (tertiary/aromatic N) is 5. The number of likely N-dealkylation sites (N-methyl/N-ethyl adjacent to an activating group) is 1. The van der Waals surface area contributed by atoms with E-state index in [1.165, 1.54) is 36.1 Å². The molecule has 0 fully saturated rings. The van der Waals surface area contributed by atoms with Gasteiger partial charge in [-0.25, -0.2) is 8.97 Å². The van der Waals surface area contributed by atoms with E-state index in [0.29, 0.717) is 10.8 Å². The first kappa shape index (κ1) is 22.9. The predicted octanol–water partition coefficient (Wildman–Crippen LogP) is 5.80. The number of halogens is 1. The minimum atomic E-state index is -0.0367. The fourth-order valence-corrected chi connectivity index (χ4v) is 7.08. The van der Waals surface area contributed by atoms with Gasteiger partial charge in [0.25, 0.3) is 5.56 Å². The van der Waals surface area contributed by atoms with Gasteiger partial charge in [-0.3, -0.25) is 4.79 Å². The van der Waals surface area contributed by atoms with Crippen molar-refractivity contribution in [2.75, 3.05) is 19.3 Å². The first-order valence-electron chi connectivity index (χ1n) is 11.6. The molecule has 174 valence electrons. The van der Waals surface area contributed by atoms with E-state index in [0.717, 1.165) is 52.7 Å². The molecule has 0 N–H and O–H groups in total. The van der Waals surface area contributed by atoms with Crippen LogP contribution < -0.4 is 5.56 Å². The molecule has 9 heteroatoms. The topological polar surface area (TPSA) is 55.4 Å². The molecule has 0 unspecified atom stereocenters. The summed E-state index contributed by atoms with van der Waals surface area (Å²) in [6, 6.07) is 7.40. The predicted molar refractivity (Wildman–Crippen MR) is 138 cm³/mol. The number of thioether (sulfide) groups is 1. The van der Waals surface area contributed by atoms with E-state index < -0.39 is 0 Å². The number of unbranched alkanes of at least 4 members (excludes halogenated alkanes) is 4. The van der Waals surface area contributed by atoms with E-state index in [-0.39, 0.29) is 5.56 Å². The van der Waals surface area contributed by atoms with Gasteiger partial charge in [0.2, 0.25) is 5.78 Å². The molecule has 0 saturated heterocycles. The minimum absolute atomic E-state index is 0.0367. The normalized spacial score (nSPS) is 14.4. The summed E-state index contributed by atoms with van der Waals surface area (Å²) in [6.07, 6.45) is 7.09. The van der Waals surface area contributed by atoms with Crippen LogP contribution in [-0.4, -0.2) is 43.4 Å². The number of thiophene rings is 1. The Morgan fingerprint density at radius 2 is 2.03 bits per heavy atom. The zero-order valence-corrected chi connectivity index (χ0v) is 21.4. The molecule has 0 saturated carbocycles. The van der Waals surface area contributed by atoms with Crippen LogP contribution in [0, 0.1) is 0 Å². The summed E-state index contributed by atoms with van der Waals surface area (Å²) < 4.78 is 3.77. The molecule has 0 spiro atoms. The molecule has 0 atom stereocenters. The first-order chi connectivity index (χ1) is 16.1. The van der Waals surface area contributed by atoms with Gasteiger partial charge in [-0.05, 0) is 43.7 Å². The highest BCUT2D eigenvalue weighted by atomic mass is 35.5. The largest absolute Gasteiger partial charge is 0.301 e. The lowest BCUT2D eigenvalue weighted by atomic mass is 10.1. The molecule has 0 amide bonds. The molecule has 1 aromatic carbocycles. The lowest BCUT2D eigenvalue weighted by molar-refractivity contribution is 0.318. The van der Waals surface area contributed by atoms with E-state index in [1.54, 1.807) is 27.7 Å². The maximum absolute atomic E-state index is 13.9. The van der Waals surface area contributed by atoms with Gasteiger partial charge in [0.15, 0.2) is 5.16 Å². The van der Waals surface area contributed by atoms with Crippen LogP contribution in [0.1, 0.15) is 49.5 Å². The molecule has 3 aromatic heterocycles. The van der Waals surface area contributed by atoms with Gasteiger partial charge in [0, 0.05) is 28.7 Å². The van der Waals surface area contributed by atoms with Gasteiger partial charge in [-0.2, -0.15) is 0 Å². The molecule has 0 radical (unpaired) electrons. The third-order valence-corrected chi connectivity index (χ3v) is 8.66. The van der Waals surface area contributed by atoms with Crippen molar-refractivity contribution in [1.82, 2.24) is 24.1 Å². The van der Waals surface area contributed by atoms with Crippen molar-refractivity contribution in [2.24, 2.45) is 0 Å². The number of aromatic nitrogens is 4. The van der Waals surface area contributed by atoms with Crippen LogP contribution in [0.25, 0.3) is 21.7 Å². The van der Waals surface area contributed by atoms with Crippen molar-refractivity contribution in [3.05, 3.63) is 50.1 Å². The summed E-state index contributed by atoms with van der Waals surface area (Å²) >= 11 is 9.73. The fraction of sp³-hybridized carbons (Fsp3) is 0.458. The molecule has 0 bridgehead atoms. The second-order valence-corrected chi connectivity index (χ2v) is 11.3. The summed E-state index contributed by atoms with van der Waals surface area (Å²) in [6.45, 7) is 4.06. The van der Waals surface area contributed by atoms with Gasteiger partial charge in [0.1, 0.15) is 4.83 Å². The Labute approximate surface area is 206 Å². The van der Waals surface area contributed by atoms with Crippen molar-refractivity contribution >= 4 is 50.7 Å². The second-order valence-electron chi connectivity index (χ2n) is 8.67. The second kappa shape index (κ2) is 9.78. The molecule has 5 rings (SSSR count). The van der Waals surface area contributed by atoms with E-state index in [9.17, 15) is 4.79 Å². The highest BCUT2D eigenvalue weighted by Gasteiger charge is 2.26. The van der Waals surface area contributed by atoms with Crippen molar-refractivity contribution in [1.29, 1.82) is 0 Å². The molecule has 33 heavy (non-hydrogen) atoms. The first-order valence-corrected chi connectivity index (χ1v) is 13.8. The van der Waals surface area contributed by atoms with Crippen LogP contribution >= 0.6 is 34.7 Å². The number of hydrogen-bond acceptors (Lipinski definition) is 6. The third kappa shape index (κ3) is 4.34. The van der Waals surface area contributed by atoms with Crippen molar-refractivity contribution in [3.8, 4) is 5.69 Å². The highest BCUT2D eigenvalue weighted by molar-refractivity contribution is 7.99. The number of rotatable bonds is 8.